The van der Waals surface area contributed by atoms with Crippen molar-refractivity contribution in [3.8, 4) is 22.8 Å². The van der Waals surface area contributed by atoms with Crippen molar-refractivity contribution < 1.29 is 14.3 Å². The zero-order chi connectivity index (χ0) is 16.9. The summed E-state index contributed by atoms with van der Waals surface area (Å²) in [6, 6.07) is 14.7. The number of nitrogens with zero attached hydrogens (tertiary/aromatic N) is 2. The molecule has 0 radical (unpaired) electrons. The molecule has 0 spiro atoms. The molecule has 1 heterocycles. The van der Waals surface area contributed by atoms with Gasteiger partial charge in [0.1, 0.15) is 10.6 Å². The highest BCUT2D eigenvalue weighted by molar-refractivity contribution is 7.08. The van der Waals surface area contributed by atoms with E-state index in [-0.39, 0.29) is 5.91 Å². The molecule has 2 aromatic carbocycles. The number of carbonyl (C=O) groups excluding carboxylic acids is 1. The Morgan fingerprint density at radius 2 is 1.79 bits per heavy atom. The Hall–Kier alpha value is -2.93. The predicted octanol–water partition coefficient (Wildman–Crippen LogP) is 3.47. The van der Waals surface area contributed by atoms with Crippen LogP contribution in [-0.4, -0.2) is 29.7 Å². The van der Waals surface area contributed by atoms with E-state index in [4.69, 9.17) is 9.47 Å². The van der Waals surface area contributed by atoms with Gasteiger partial charge in [-0.2, -0.15) is 0 Å². The minimum atomic E-state index is -0.268. The van der Waals surface area contributed by atoms with Gasteiger partial charge in [0.05, 0.1) is 14.2 Å². The number of amides is 1. The molecule has 1 amide bonds. The van der Waals surface area contributed by atoms with Crippen molar-refractivity contribution in [2.24, 2.45) is 0 Å². The Bertz CT molecular complexity index is 849. The number of anilines is 1. The van der Waals surface area contributed by atoms with Gasteiger partial charge in [-0.15, -0.1) is 5.10 Å². The summed E-state index contributed by atoms with van der Waals surface area (Å²) < 4.78 is 14.3. The number of ether oxygens (including phenoxy) is 2. The van der Waals surface area contributed by atoms with E-state index in [1.54, 1.807) is 32.4 Å². The van der Waals surface area contributed by atoms with Crippen LogP contribution in [0.2, 0.25) is 0 Å². The van der Waals surface area contributed by atoms with Gasteiger partial charge in [0.15, 0.2) is 11.5 Å². The fourth-order valence-electron chi connectivity index (χ4n) is 2.23. The molecule has 0 atom stereocenters. The number of aromatic nitrogens is 2. The fourth-order valence-corrected chi connectivity index (χ4v) is 2.81. The summed E-state index contributed by atoms with van der Waals surface area (Å²) in [7, 11) is 3.11. The Labute approximate surface area is 143 Å². The number of methoxy groups -OCH3 is 2. The molecule has 0 aliphatic carbocycles. The summed E-state index contributed by atoms with van der Waals surface area (Å²) in [5.74, 6) is 0.872. The molecule has 0 bridgehead atoms. The Morgan fingerprint density at radius 1 is 1.04 bits per heavy atom. The molecule has 0 fully saturated rings. The van der Waals surface area contributed by atoms with Crippen LogP contribution >= 0.6 is 11.5 Å². The highest BCUT2D eigenvalue weighted by Crippen LogP contribution is 2.30. The predicted molar refractivity (Wildman–Crippen MR) is 92.8 cm³/mol. The quantitative estimate of drug-likeness (QED) is 0.769. The van der Waals surface area contributed by atoms with Gasteiger partial charge in [-0.3, -0.25) is 4.79 Å². The molecular formula is C17H15N3O3S. The van der Waals surface area contributed by atoms with Gasteiger partial charge in [0, 0.05) is 17.3 Å². The molecule has 0 saturated carbocycles. The van der Waals surface area contributed by atoms with Crippen molar-refractivity contribution in [1.82, 2.24) is 9.59 Å². The van der Waals surface area contributed by atoms with Gasteiger partial charge < -0.3 is 14.8 Å². The van der Waals surface area contributed by atoms with Gasteiger partial charge in [-0.25, -0.2) is 0 Å². The SMILES string of the molecule is COc1ccc(NC(=O)c2snnc2-c2ccccc2)cc1OC. The summed E-state index contributed by atoms with van der Waals surface area (Å²) in [6.45, 7) is 0. The second-order valence-corrected chi connectivity index (χ2v) is 5.59. The van der Waals surface area contributed by atoms with E-state index in [2.05, 4.69) is 14.9 Å². The van der Waals surface area contributed by atoms with Crippen LogP contribution in [-0.2, 0) is 0 Å². The van der Waals surface area contributed by atoms with Crippen LogP contribution in [0.25, 0.3) is 11.3 Å². The summed E-state index contributed by atoms with van der Waals surface area (Å²) in [5, 5.41) is 6.91. The summed E-state index contributed by atoms with van der Waals surface area (Å²) in [5.41, 5.74) is 2.02. The lowest BCUT2D eigenvalue weighted by molar-refractivity contribution is 0.103. The first-order valence-corrected chi connectivity index (χ1v) is 7.91. The number of benzene rings is 2. The molecule has 3 aromatic rings. The van der Waals surface area contributed by atoms with Crippen molar-refractivity contribution in [2.45, 2.75) is 0 Å². The highest BCUT2D eigenvalue weighted by Gasteiger charge is 2.18. The number of hydrogen-bond donors (Lipinski definition) is 1. The first-order valence-electron chi connectivity index (χ1n) is 7.14. The third-order valence-corrected chi connectivity index (χ3v) is 4.11. The second-order valence-electron chi connectivity index (χ2n) is 4.84. The van der Waals surface area contributed by atoms with E-state index in [9.17, 15) is 4.79 Å². The van der Waals surface area contributed by atoms with Crippen LogP contribution in [0, 0.1) is 0 Å². The lowest BCUT2D eigenvalue weighted by Crippen LogP contribution is -2.11. The molecular weight excluding hydrogens is 326 g/mol. The third kappa shape index (κ3) is 3.21. The van der Waals surface area contributed by atoms with Gasteiger partial charge in [-0.1, -0.05) is 34.8 Å². The van der Waals surface area contributed by atoms with E-state index in [0.29, 0.717) is 27.8 Å². The van der Waals surface area contributed by atoms with Crippen LogP contribution in [0.5, 0.6) is 11.5 Å². The number of hydrogen-bond acceptors (Lipinski definition) is 6. The maximum atomic E-state index is 12.6. The van der Waals surface area contributed by atoms with Crippen molar-refractivity contribution in [3.63, 3.8) is 0 Å². The lowest BCUT2D eigenvalue weighted by atomic mass is 10.1. The fraction of sp³-hybridized carbons (Fsp3) is 0.118. The summed E-state index contributed by atoms with van der Waals surface area (Å²) in [4.78, 5) is 13.0. The Balaban J connectivity index is 1.85. The van der Waals surface area contributed by atoms with Crippen LogP contribution in [0.1, 0.15) is 9.67 Å². The monoisotopic (exact) mass is 341 g/mol. The van der Waals surface area contributed by atoms with Crippen molar-refractivity contribution in [1.29, 1.82) is 0 Å². The number of nitrogens with one attached hydrogen (secondary N) is 1. The second kappa shape index (κ2) is 7.10. The smallest absolute Gasteiger partial charge is 0.269 e. The average molecular weight is 341 g/mol. The molecule has 1 N–H and O–H groups in total. The first-order chi connectivity index (χ1) is 11.7. The van der Waals surface area contributed by atoms with E-state index in [1.165, 1.54) is 0 Å². The molecule has 1 aromatic heterocycles. The topological polar surface area (TPSA) is 73.3 Å². The third-order valence-electron chi connectivity index (χ3n) is 3.38. The van der Waals surface area contributed by atoms with Crippen molar-refractivity contribution in [3.05, 3.63) is 53.4 Å². The number of carbonyl (C=O) groups is 1. The van der Waals surface area contributed by atoms with Crippen LogP contribution < -0.4 is 14.8 Å². The lowest BCUT2D eigenvalue weighted by Gasteiger charge is -2.10. The van der Waals surface area contributed by atoms with Crippen LogP contribution in [0.3, 0.4) is 0 Å². The van der Waals surface area contributed by atoms with E-state index in [0.717, 1.165) is 17.1 Å². The van der Waals surface area contributed by atoms with Crippen molar-refractivity contribution in [2.75, 3.05) is 19.5 Å². The maximum absolute atomic E-state index is 12.6. The molecule has 0 aliphatic rings. The minimum Gasteiger partial charge on any atom is -0.493 e. The normalized spacial score (nSPS) is 10.2. The zero-order valence-corrected chi connectivity index (χ0v) is 14.0. The Morgan fingerprint density at radius 3 is 2.50 bits per heavy atom. The van der Waals surface area contributed by atoms with Crippen LogP contribution in [0.4, 0.5) is 5.69 Å². The molecule has 7 heteroatoms. The molecule has 6 nitrogen and oxygen atoms in total. The first kappa shape index (κ1) is 15.9. The van der Waals surface area contributed by atoms with Gasteiger partial charge >= 0.3 is 0 Å². The van der Waals surface area contributed by atoms with Gasteiger partial charge in [0.25, 0.3) is 5.91 Å². The van der Waals surface area contributed by atoms with E-state index < -0.39 is 0 Å². The summed E-state index contributed by atoms with van der Waals surface area (Å²) in [6.07, 6.45) is 0. The maximum Gasteiger partial charge on any atom is 0.269 e. The Kier molecular flexibility index (Phi) is 4.72. The largest absolute Gasteiger partial charge is 0.493 e. The van der Waals surface area contributed by atoms with E-state index >= 15 is 0 Å². The van der Waals surface area contributed by atoms with Crippen molar-refractivity contribution >= 4 is 23.1 Å². The molecule has 122 valence electrons. The van der Waals surface area contributed by atoms with Gasteiger partial charge in [-0.05, 0) is 23.7 Å². The van der Waals surface area contributed by atoms with Gasteiger partial charge in [0.2, 0.25) is 0 Å². The molecule has 0 unspecified atom stereocenters. The highest BCUT2D eigenvalue weighted by atomic mass is 32.1. The number of rotatable bonds is 5. The van der Waals surface area contributed by atoms with Crippen LogP contribution in [0.15, 0.2) is 48.5 Å². The van der Waals surface area contributed by atoms with E-state index in [1.807, 2.05) is 30.3 Å². The zero-order valence-electron chi connectivity index (χ0n) is 13.1. The molecule has 24 heavy (non-hydrogen) atoms. The molecule has 3 rings (SSSR count). The minimum absolute atomic E-state index is 0.268. The average Bonchev–Trinajstić information content (AvgIpc) is 3.12. The summed E-state index contributed by atoms with van der Waals surface area (Å²) >= 11 is 1.06. The molecule has 0 saturated heterocycles. The standard InChI is InChI=1S/C17H15N3O3S/c1-22-13-9-8-12(10-14(13)23-2)18-17(21)16-15(19-20-24-16)11-6-4-3-5-7-11/h3-10H,1-2H3,(H,18,21). The molecule has 0 aliphatic heterocycles.